The Hall–Kier alpha value is -0.510. The van der Waals surface area contributed by atoms with E-state index in [4.69, 9.17) is 0 Å². The number of thioether (sulfide) groups is 1. The smallest absolute Gasteiger partial charge is 0.0164 e. The predicted molar refractivity (Wildman–Crippen MR) is 87.0 cm³/mol. The fraction of sp³-hybridized carbons (Fsp3) is 0.625. The maximum Gasteiger partial charge on any atom is 0.0164 e. The molecule has 0 saturated carbocycles. The SMILES string of the molecule is CC(C)N[C@H](CCCN(C)C)CSc1ccccc1. The van der Waals surface area contributed by atoms with E-state index < -0.39 is 0 Å². The Kier molecular flexibility index (Phi) is 8.19. The van der Waals surface area contributed by atoms with Crippen LogP contribution in [0.2, 0.25) is 0 Å². The van der Waals surface area contributed by atoms with Gasteiger partial charge in [-0.2, -0.15) is 0 Å². The highest BCUT2D eigenvalue weighted by Crippen LogP contribution is 2.19. The van der Waals surface area contributed by atoms with Crippen molar-refractivity contribution in [3.63, 3.8) is 0 Å². The zero-order valence-corrected chi connectivity index (χ0v) is 13.5. The zero-order valence-electron chi connectivity index (χ0n) is 12.7. The first kappa shape index (κ1) is 16.5. The minimum atomic E-state index is 0.556. The molecule has 0 fully saturated rings. The van der Waals surface area contributed by atoms with Crippen LogP contribution in [0.1, 0.15) is 26.7 Å². The molecule has 1 aromatic rings. The van der Waals surface area contributed by atoms with Crippen molar-refractivity contribution in [3.05, 3.63) is 30.3 Å². The third-order valence-corrected chi connectivity index (χ3v) is 4.10. The Morgan fingerprint density at radius 2 is 1.84 bits per heavy atom. The monoisotopic (exact) mass is 280 g/mol. The number of benzene rings is 1. The van der Waals surface area contributed by atoms with E-state index in [9.17, 15) is 0 Å². The van der Waals surface area contributed by atoms with Crippen molar-refractivity contribution < 1.29 is 0 Å². The Labute approximate surface area is 123 Å². The molecule has 108 valence electrons. The van der Waals surface area contributed by atoms with Crippen molar-refractivity contribution in [3.8, 4) is 0 Å². The van der Waals surface area contributed by atoms with Gasteiger partial charge in [0.2, 0.25) is 0 Å². The molecule has 1 aromatic carbocycles. The van der Waals surface area contributed by atoms with Crippen molar-refractivity contribution >= 4 is 11.8 Å². The first-order chi connectivity index (χ1) is 9.08. The second kappa shape index (κ2) is 9.40. The quantitative estimate of drug-likeness (QED) is 0.697. The van der Waals surface area contributed by atoms with E-state index in [1.54, 1.807) is 0 Å². The number of rotatable bonds is 9. The molecule has 0 heterocycles. The van der Waals surface area contributed by atoms with Crippen LogP contribution < -0.4 is 5.32 Å². The van der Waals surface area contributed by atoms with Crippen LogP contribution in [-0.2, 0) is 0 Å². The molecular weight excluding hydrogens is 252 g/mol. The zero-order chi connectivity index (χ0) is 14.1. The summed E-state index contributed by atoms with van der Waals surface area (Å²) in [5.74, 6) is 1.15. The van der Waals surface area contributed by atoms with Crippen molar-refractivity contribution in [1.29, 1.82) is 0 Å². The largest absolute Gasteiger partial charge is 0.311 e. The molecule has 0 unspecified atom stereocenters. The third-order valence-electron chi connectivity index (χ3n) is 2.92. The van der Waals surface area contributed by atoms with Crippen LogP contribution in [0.25, 0.3) is 0 Å². The normalized spacial score (nSPS) is 13.2. The molecule has 1 rings (SSSR count). The van der Waals surface area contributed by atoms with Gasteiger partial charge in [0, 0.05) is 22.7 Å². The highest BCUT2D eigenvalue weighted by molar-refractivity contribution is 7.99. The second-order valence-electron chi connectivity index (χ2n) is 5.59. The molecule has 0 radical (unpaired) electrons. The van der Waals surface area contributed by atoms with Gasteiger partial charge in [0.1, 0.15) is 0 Å². The molecule has 0 saturated heterocycles. The molecular formula is C16H28N2S. The Balaban J connectivity index is 2.36. The van der Waals surface area contributed by atoms with E-state index in [0.717, 1.165) is 5.75 Å². The number of nitrogens with one attached hydrogen (secondary N) is 1. The van der Waals surface area contributed by atoms with Crippen molar-refractivity contribution in [2.75, 3.05) is 26.4 Å². The van der Waals surface area contributed by atoms with Gasteiger partial charge in [-0.25, -0.2) is 0 Å². The summed E-state index contributed by atoms with van der Waals surface area (Å²) in [6.45, 7) is 5.63. The van der Waals surface area contributed by atoms with Gasteiger partial charge in [-0.3, -0.25) is 0 Å². The van der Waals surface area contributed by atoms with Crippen molar-refractivity contribution in [2.45, 2.75) is 43.7 Å². The number of nitrogens with zero attached hydrogens (tertiary/aromatic N) is 1. The lowest BCUT2D eigenvalue weighted by atomic mass is 10.1. The van der Waals surface area contributed by atoms with E-state index >= 15 is 0 Å². The van der Waals surface area contributed by atoms with Gasteiger partial charge in [0.25, 0.3) is 0 Å². The molecule has 0 aliphatic carbocycles. The average molecular weight is 280 g/mol. The van der Waals surface area contributed by atoms with E-state index in [0.29, 0.717) is 12.1 Å². The van der Waals surface area contributed by atoms with Crippen LogP contribution >= 0.6 is 11.8 Å². The molecule has 19 heavy (non-hydrogen) atoms. The number of hydrogen-bond acceptors (Lipinski definition) is 3. The van der Waals surface area contributed by atoms with Gasteiger partial charge in [-0.05, 0) is 45.6 Å². The maximum atomic E-state index is 3.68. The first-order valence-corrected chi connectivity index (χ1v) is 8.15. The summed E-state index contributed by atoms with van der Waals surface area (Å²) in [6, 6.07) is 11.8. The lowest BCUT2D eigenvalue weighted by Crippen LogP contribution is -2.37. The minimum absolute atomic E-state index is 0.556. The fourth-order valence-corrected chi connectivity index (χ4v) is 3.06. The highest BCUT2D eigenvalue weighted by Gasteiger charge is 2.10. The molecule has 3 heteroatoms. The fourth-order valence-electron chi connectivity index (χ4n) is 2.05. The Morgan fingerprint density at radius 1 is 1.16 bits per heavy atom. The molecule has 0 aromatic heterocycles. The Bertz CT molecular complexity index is 325. The van der Waals surface area contributed by atoms with E-state index in [1.165, 1.54) is 24.3 Å². The van der Waals surface area contributed by atoms with Gasteiger partial charge >= 0.3 is 0 Å². The average Bonchev–Trinajstić information content (AvgIpc) is 2.36. The summed E-state index contributed by atoms with van der Waals surface area (Å²) < 4.78 is 0. The van der Waals surface area contributed by atoms with Gasteiger partial charge < -0.3 is 10.2 Å². The molecule has 1 atom stereocenters. The van der Waals surface area contributed by atoms with Crippen LogP contribution in [0, 0.1) is 0 Å². The molecule has 0 aliphatic rings. The summed E-state index contributed by atoms with van der Waals surface area (Å²) in [7, 11) is 4.28. The van der Waals surface area contributed by atoms with Crippen molar-refractivity contribution in [1.82, 2.24) is 10.2 Å². The van der Waals surface area contributed by atoms with E-state index in [-0.39, 0.29) is 0 Å². The number of hydrogen-bond donors (Lipinski definition) is 1. The summed E-state index contributed by atoms with van der Waals surface area (Å²) in [5.41, 5.74) is 0. The highest BCUT2D eigenvalue weighted by atomic mass is 32.2. The van der Waals surface area contributed by atoms with Crippen LogP contribution in [0.5, 0.6) is 0 Å². The Morgan fingerprint density at radius 3 is 2.42 bits per heavy atom. The molecule has 0 spiro atoms. The van der Waals surface area contributed by atoms with E-state index in [2.05, 4.69) is 68.5 Å². The van der Waals surface area contributed by atoms with Crippen LogP contribution in [0.4, 0.5) is 0 Å². The lowest BCUT2D eigenvalue weighted by molar-refractivity contribution is 0.371. The van der Waals surface area contributed by atoms with Crippen LogP contribution in [-0.4, -0.2) is 43.4 Å². The van der Waals surface area contributed by atoms with Gasteiger partial charge in [0.05, 0.1) is 0 Å². The predicted octanol–water partition coefficient (Wildman–Crippen LogP) is 3.49. The molecule has 2 nitrogen and oxygen atoms in total. The summed E-state index contributed by atoms with van der Waals surface area (Å²) in [5, 5.41) is 3.68. The first-order valence-electron chi connectivity index (χ1n) is 7.16. The second-order valence-corrected chi connectivity index (χ2v) is 6.68. The minimum Gasteiger partial charge on any atom is -0.311 e. The molecule has 1 N–H and O–H groups in total. The van der Waals surface area contributed by atoms with Gasteiger partial charge in [0.15, 0.2) is 0 Å². The van der Waals surface area contributed by atoms with Crippen LogP contribution in [0.15, 0.2) is 35.2 Å². The van der Waals surface area contributed by atoms with Crippen molar-refractivity contribution in [2.24, 2.45) is 0 Å². The molecule has 0 bridgehead atoms. The standard InChI is InChI=1S/C16H28N2S/c1-14(2)17-15(9-8-12-18(3)4)13-19-16-10-6-5-7-11-16/h5-7,10-11,14-15,17H,8-9,12-13H2,1-4H3/t15-/m1/s1. The summed E-state index contributed by atoms with van der Waals surface area (Å²) >= 11 is 1.95. The van der Waals surface area contributed by atoms with E-state index in [1.807, 2.05) is 11.8 Å². The van der Waals surface area contributed by atoms with Gasteiger partial charge in [-0.1, -0.05) is 32.0 Å². The summed E-state index contributed by atoms with van der Waals surface area (Å²) in [4.78, 5) is 3.63. The molecule has 0 amide bonds. The summed E-state index contributed by atoms with van der Waals surface area (Å²) in [6.07, 6.45) is 2.50. The lowest BCUT2D eigenvalue weighted by Gasteiger charge is -2.22. The molecule has 0 aliphatic heterocycles. The maximum absolute atomic E-state index is 3.68. The topological polar surface area (TPSA) is 15.3 Å². The van der Waals surface area contributed by atoms with Crippen LogP contribution in [0.3, 0.4) is 0 Å². The van der Waals surface area contributed by atoms with Gasteiger partial charge in [-0.15, -0.1) is 11.8 Å². The third kappa shape index (κ3) is 8.30.